The van der Waals surface area contributed by atoms with E-state index in [0.29, 0.717) is 6.42 Å². The number of nitrogens with zero attached hydrogens (tertiary/aromatic N) is 1. The van der Waals surface area contributed by atoms with Crippen LogP contribution < -0.4 is 22.4 Å². The zero-order chi connectivity index (χ0) is 23.0. The number of amides is 2. The number of hydroxylamine groups is 1. The molecule has 0 radical (unpaired) electrons. The standard InChI is InChI=1S/C22H31N5O4/c1-22(2,3)31-21(29)25-13-18(23)14-27(24)19(12-20(28)26-30)11-15-8-9-16-6-4-5-7-17(16)10-15/h4-10,14,19,30H,11-13,23-24H2,1-3H3,(H,25,29)(H,26,28)/b18-14-. The molecule has 0 fully saturated rings. The molecule has 0 bridgehead atoms. The van der Waals surface area contributed by atoms with Crippen molar-refractivity contribution in [1.29, 1.82) is 0 Å². The number of alkyl carbamates (subject to hydrolysis) is 1. The Balaban J connectivity index is 2.09. The summed E-state index contributed by atoms with van der Waals surface area (Å²) in [4.78, 5) is 23.6. The second-order valence-corrected chi connectivity index (χ2v) is 8.29. The van der Waals surface area contributed by atoms with Gasteiger partial charge in [-0.05, 0) is 43.5 Å². The highest BCUT2D eigenvalue weighted by molar-refractivity contribution is 5.83. The SMILES string of the molecule is CC(C)(C)OC(=O)NC/C(N)=C/N(N)C(CC(=O)NO)Cc1ccc2ccccc2c1. The summed E-state index contributed by atoms with van der Waals surface area (Å²) in [6.07, 6.45) is 1.24. The maximum atomic E-state index is 11.8. The number of fused-ring (bicyclic) bond motifs is 1. The maximum absolute atomic E-state index is 11.8. The maximum Gasteiger partial charge on any atom is 0.407 e. The molecule has 0 spiro atoms. The Morgan fingerprint density at radius 1 is 1.19 bits per heavy atom. The van der Waals surface area contributed by atoms with Crippen LogP contribution in [0.5, 0.6) is 0 Å². The highest BCUT2D eigenvalue weighted by Gasteiger charge is 2.19. The van der Waals surface area contributed by atoms with Gasteiger partial charge in [-0.3, -0.25) is 10.0 Å². The third-order valence-electron chi connectivity index (χ3n) is 4.40. The largest absolute Gasteiger partial charge is 0.444 e. The molecule has 2 rings (SSSR count). The smallest absolute Gasteiger partial charge is 0.407 e. The molecule has 2 aromatic rings. The van der Waals surface area contributed by atoms with Gasteiger partial charge >= 0.3 is 6.09 Å². The van der Waals surface area contributed by atoms with E-state index < -0.39 is 23.6 Å². The first-order chi connectivity index (χ1) is 14.6. The van der Waals surface area contributed by atoms with Gasteiger partial charge in [-0.1, -0.05) is 42.5 Å². The van der Waals surface area contributed by atoms with E-state index in [2.05, 4.69) is 5.32 Å². The van der Waals surface area contributed by atoms with Crippen molar-refractivity contribution in [2.24, 2.45) is 11.6 Å². The molecule has 1 unspecified atom stereocenters. The van der Waals surface area contributed by atoms with Crippen LogP contribution in [0.25, 0.3) is 10.8 Å². The number of ether oxygens (including phenoxy) is 1. The van der Waals surface area contributed by atoms with Crippen molar-refractivity contribution in [2.45, 2.75) is 45.3 Å². The van der Waals surface area contributed by atoms with Crippen LogP contribution in [-0.2, 0) is 16.0 Å². The van der Waals surface area contributed by atoms with Crippen LogP contribution in [0.3, 0.4) is 0 Å². The van der Waals surface area contributed by atoms with Gasteiger partial charge in [0.25, 0.3) is 0 Å². The van der Waals surface area contributed by atoms with Crippen molar-refractivity contribution in [2.75, 3.05) is 6.54 Å². The summed E-state index contributed by atoms with van der Waals surface area (Å²) in [7, 11) is 0. The molecule has 168 valence electrons. The van der Waals surface area contributed by atoms with Crippen molar-refractivity contribution in [1.82, 2.24) is 15.8 Å². The lowest BCUT2D eigenvalue weighted by molar-refractivity contribution is -0.130. The summed E-state index contributed by atoms with van der Waals surface area (Å²) in [6.45, 7) is 5.31. The van der Waals surface area contributed by atoms with E-state index in [9.17, 15) is 9.59 Å². The van der Waals surface area contributed by atoms with Gasteiger partial charge in [0.2, 0.25) is 5.91 Å². The highest BCUT2D eigenvalue weighted by atomic mass is 16.6. The minimum atomic E-state index is -0.620. The number of hydrogen-bond donors (Lipinski definition) is 5. The van der Waals surface area contributed by atoms with Gasteiger partial charge in [0.15, 0.2) is 0 Å². The number of hydrazine groups is 1. The highest BCUT2D eigenvalue weighted by Crippen LogP contribution is 2.18. The number of nitrogens with one attached hydrogen (secondary N) is 2. The molecule has 2 aromatic carbocycles. The van der Waals surface area contributed by atoms with Crippen molar-refractivity contribution in [3.05, 3.63) is 59.9 Å². The van der Waals surface area contributed by atoms with E-state index in [0.717, 1.165) is 16.3 Å². The quantitative estimate of drug-likeness (QED) is 0.246. The second kappa shape index (κ2) is 10.6. The molecular formula is C22H31N5O4. The van der Waals surface area contributed by atoms with Gasteiger partial charge in [-0.2, -0.15) is 0 Å². The number of carbonyl (C=O) groups excluding carboxylic acids is 2. The second-order valence-electron chi connectivity index (χ2n) is 8.29. The Hall–Kier alpha value is -3.30. The van der Waals surface area contributed by atoms with Crippen molar-refractivity contribution >= 4 is 22.8 Å². The Morgan fingerprint density at radius 2 is 1.87 bits per heavy atom. The molecule has 9 heteroatoms. The van der Waals surface area contributed by atoms with Gasteiger partial charge < -0.3 is 20.8 Å². The molecule has 7 N–H and O–H groups in total. The number of hydrogen-bond acceptors (Lipinski definition) is 7. The van der Waals surface area contributed by atoms with E-state index in [4.69, 9.17) is 21.5 Å². The van der Waals surface area contributed by atoms with Gasteiger partial charge in [0.05, 0.1) is 19.0 Å². The zero-order valence-corrected chi connectivity index (χ0v) is 18.1. The Bertz CT molecular complexity index is 939. The lowest BCUT2D eigenvalue weighted by atomic mass is 9.99. The van der Waals surface area contributed by atoms with Gasteiger partial charge in [0, 0.05) is 11.9 Å². The number of rotatable bonds is 8. The molecule has 1 atom stereocenters. The third kappa shape index (κ3) is 8.15. The van der Waals surface area contributed by atoms with Gasteiger partial charge in [0.1, 0.15) is 5.60 Å². The lowest BCUT2D eigenvalue weighted by Crippen LogP contribution is -2.43. The summed E-state index contributed by atoms with van der Waals surface area (Å²) in [5.74, 6) is 5.59. The van der Waals surface area contributed by atoms with Crippen LogP contribution in [0.2, 0.25) is 0 Å². The molecule has 2 amide bonds. The molecule has 0 saturated heterocycles. The molecule has 9 nitrogen and oxygen atoms in total. The van der Waals surface area contributed by atoms with Crippen molar-refractivity contribution in [3.8, 4) is 0 Å². The van der Waals surface area contributed by atoms with Crippen LogP contribution in [0.1, 0.15) is 32.8 Å². The fraction of sp³-hybridized carbons (Fsp3) is 0.364. The summed E-state index contributed by atoms with van der Waals surface area (Å²) >= 11 is 0. The van der Waals surface area contributed by atoms with Crippen LogP contribution in [-0.4, -0.2) is 40.4 Å². The van der Waals surface area contributed by atoms with Gasteiger partial charge in [-0.15, -0.1) is 0 Å². The van der Waals surface area contributed by atoms with Crippen LogP contribution in [0, 0.1) is 0 Å². The molecule has 0 saturated carbocycles. The van der Waals surface area contributed by atoms with E-state index in [1.54, 1.807) is 26.3 Å². The van der Waals surface area contributed by atoms with Gasteiger partial charge in [-0.25, -0.2) is 16.1 Å². The Kier molecular flexibility index (Phi) is 8.23. The first kappa shape index (κ1) is 24.0. The van der Waals surface area contributed by atoms with Crippen LogP contribution in [0.4, 0.5) is 4.79 Å². The molecular weight excluding hydrogens is 398 g/mol. The Morgan fingerprint density at radius 3 is 2.52 bits per heavy atom. The van der Waals surface area contributed by atoms with E-state index in [1.165, 1.54) is 11.2 Å². The molecule has 0 aliphatic carbocycles. The number of carbonyl (C=O) groups is 2. The van der Waals surface area contributed by atoms with E-state index in [-0.39, 0.29) is 18.7 Å². The third-order valence-corrected chi connectivity index (χ3v) is 4.40. The minimum absolute atomic E-state index is 0.0253. The average molecular weight is 430 g/mol. The molecule has 31 heavy (non-hydrogen) atoms. The number of nitrogens with two attached hydrogens (primary N) is 2. The van der Waals surface area contributed by atoms with Crippen molar-refractivity contribution < 1.29 is 19.5 Å². The first-order valence-corrected chi connectivity index (χ1v) is 9.94. The summed E-state index contributed by atoms with van der Waals surface area (Å²) in [6, 6.07) is 13.5. The summed E-state index contributed by atoms with van der Waals surface area (Å²) in [5, 5.41) is 15.0. The molecule has 0 aromatic heterocycles. The first-order valence-electron chi connectivity index (χ1n) is 9.94. The minimum Gasteiger partial charge on any atom is -0.444 e. The zero-order valence-electron chi connectivity index (χ0n) is 18.1. The number of benzene rings is 2. The fourth-order valence-electron chi connectivity index (χ4n) is 3.01. The molecule has 0 aliphatic rings. The molecule has 0 aliphatic heterocycles. The summed E-state index contributed by atoms with van der Waals surface area (Å²) < 4.78 is 5.16. The Labute approximate surface area is 181 Å². The predicted molar refractivity (Wildman–Crippen MR) is 119 cm³/mol. The lowest BCUT2D eigenvalue weighted by Gasteiger charge is -2.26. The monoisotopic (exact) mass is 429 g/mol. The average Bonchev–Trinajstić information content (AvgIpc) is 2.70. The topological polar surface area (TPSA) is 143 Å². The van der Waals surface area contributed by atoms with Crippen LogP contribution in [0.15, 0.2) is 54.4 Å². The van der Waals surface area contributed by atoms with Crippen molar-refractivity contribution in [3.63, 3.8) is 0 Å². The fourth-order valence-corrected chi connectivity index (χ4v) is 3.01. The van der Waals surface area contributed by atoms with Crippen LogP contribution >= 0.6 is 0 Å². The summed E-state index contributed by atoms with van der Waals surface area (Å²) in [5.41, 5.74) is 8.24. The van der Waals surface area contributed by atoms with E-state index >= 15 is 0 Å². The normalized spacial score (nSPS) is 12.9. The van der Waals surface area contributed by atoms with E-state index in [1.807, 2.05) is 42.5 Å². The molecule has 0 heterocycles. The predicted octanol–water partition coefficient (Wildman–Crippen LogP) is 2.15.